The van der Waals surface area contributed by atoms with E-state index in [1.807, 2.05) is 20.8 Å². The standard InChI is InChI=1S/C13H26O3/c1-10(2,3)12(7)8-15-13(14,16-9-12)11(4,5)6/h14H,8-9H2,1-7H3. The van der Waals surface area contributed by atoms with E-state index in [0.29, 0.717) is 13.2 Å². The highest BCUT2D eigenvalue weighted by molar-refractivity contribution is 4.91. The van der Waals surface area contributed by atoms with E-state index in [0.717, 1.165) is 0 Å². The molecule has 0 spiro atoms. The molecule has 1 aliphatic heterocycles. The van der Waals surface area contributed by atoms with Gasteiger partial charge in [-0.25, -0.2) is 0 Å². The van der Waals surface area contributed by atoms with Crippen molar-refractivity contribution in [1.82, 2.24) is 0 Å². The summed E-state index contributed by atoms with van der Waals surface area (Å²) in [6.45, 7) is 15.4. The molecular weight excluding hydrogens is 204 g/mol. The summed E-state index contributed by atoms with van der Waals surface area (Å²) in [5, 5.41) is 10.3. The van der Waals surface area contributed by atoms with Gasteiger partial charge in [-0.2, -0.15) is 0 Å². The minimum absolute atomic E-state index is 0.0650. The summed E-state index contributed by atoms with van der Waals surface area (Å²) in [5.41, 5.74) is -0.414. The minimum Gasteiger partial charge on any atom is -0.343 e. The molecule has 1 saturated heterocycles. The fourth-order valence-electron chi connectivity index (χ4n) is 1.46. The third-order valence-electron chi connectivity index (χ3n) is 3.93. The van der Waals surface area contributed by atoms with Gasteiger partial charge in [-0.05, 0) is 5.41 Å². The first-order valence-corrected chi connectivity index (χ1v) is 5.92. The summed E-state index contributed by atoms with van der Waals surface area (Å²) in [7, 11) is 0. The molecule has 1 aliphatic rings. The zero-order chi connectivity index (χ0) is 12.8. The van der Waals surface area contributed by atoms with Gasteiger partial charge in [0.05, 0.1) is 13.2 Å². The Bertz CT molecular complexity index is 221. The molecule has 0 radical (unpaired) electrons. The van der Waals surface area contributed by atoms with Crippen molar-refractivity contribution < 1.29 is 14.6 Å². The Hall–Kier alpha value is -0.120. The van der Waals surface area contributed by atoms with Crippen molar-refractivity contribution in [2.45, 2.75) is 54.4 Å². The second kappa shape index (κ2) is 3.69. The molecule has 16 heavy (non-hydrogen) atoms. The average Bonchev–Trinajstić information content (AvgIpc) is 2.07. The van der Waals surface area contributed by atoms with Crippen LogP contribution >= 0.6 is 0 Å². The van der Waals surface area contributed by atoms with Crippen molar-refractivity contribution in [2.24, 2.45) is 16.2 Å². The van der Waals surface area contributed by atoms with Crippen LogP contribution < -0.4 is 0 Å². The third-order valence-corrected chi connectivity index (χ3v) is 3.93. The lowest BCUT2D eigenvalue weighted by Crippen LogP contribution is -2.58. The highest BCUT2D eigenvalue weighted by Gasteiger charge is 2.52. The molecule has 1 N–H and O–H groups in total. The van der Waals surface area contributed by atoms with Gasteiger partial charge in [-0.15, -0.1) is 0 Å². The molecule has 0 unspecified atom stereocenters. The van der Waals surface area contributed by atoms with Crippen molar-refractivity contribution >= 4 is 0 Å². The number of aliphatic hydroxyl groups is 1. The first-order valence-electron chi connectivity index (χ1n) is 5.92. The van der Waals surface area contributed by atoms with Gasteiger partial charge in [0.2, 0.25) is 0 Å². The highest BCUT2D eigenvalue weighted by Crippen LogP contribution is 2.46. The Morgan fingerprint density at radius 1 is 0.875 bits per heavy atom. The van der Waals surface area contributed by atoms with Crippen molar-refractivity contribution in [2.75, 3.05) is 13.2 Å². The van der Waals surface area contributed by atoms with Crippen LogP contribution in [-0.2, 0) is 9.47 Å². The van der Waals surface area contributed by atoms with Gasteiger partial charge in [0, 0.05) is 10.8 Å². The van der Waals surface area contributed by atoms with Crippen LogP contribution in [0.5, 0.6) is 0 Å². The van der Waals surface area contributed by atoms with Crippen LogP contribution in [0.15, 0.2) is 0 Å². The summed E-state index contributed by atoms with van der Waals surface area (Å²) in [4.78, 5) is 0. The molecule has 0 saturated carbocycles. The molecular formula is C13H26O3. The van der Waals surface area contributed by atoms with E-state index in [2.05, 4.69) is 27.7 Å². The Morgan fingerprint density at radius 3 is 1.50 bits per heavy atom. The monoisotopic (exact) mass is 230 g/mol. The molecule has 0 atom stereocenters. The Balaban J connectivity index is 2.79. The molecule has 1 fully saturated rings. The molecule has 0 bridgehead atoms. The molecule has 1 rings (SSSR count). The summed E-state index contributed by atoms with van der Waals surface area (Å²) in [6.07, 6.45) is 0. The first-order chi connectivity index (χ1) is 6.91. The van der Waals surface area contributed by atoms with E-state index in [4.69, 9.17) is 9.47 Å². The van der Waals surface area contributed by atoms with Crippen LogP contribution in [0.3, 0.4) is 0 Å². The van der Waals surface area contributed by atoms with Gasteiger partial charge in [0.15, 0.2) is 0 Å². The van der Waals surface area contributed by atoms with Crippen LogP contribution in [-0.4, -0.2) is 24.3 Å². The zero-order valence-electron chi connectivity index (χ0n) is 11.7. The van der Waals surface area contributed by atoms with E-state index >= 15 is 0 Å². The lowest BCUT2D eigenvalue weighted by Gasteiger charge is -2.51. The maximum Gasteiger partial charge on any atom is 0.285 e. The van der Waals surface area contributed by atoms with E-state index in [-0.39, 0.29) is 10.8 Å². The van der Waals surface area contributed by atoms with Crippen LogP contribution in [0, 0.1) is 16.2 Å². The molecule has 3 nitrogen and oxygen atoms in total. The largest absolute Gasteiger partial charge is 0.343 e. The molecule has 1 heterocycles. The van der Waals surface area contributed by atoms with Crippen molar-refractivity contribution in [1.29, 1.82) is 0 Å². The van der Waals surface area contributed by atoms with Gasteiger partial charge in [0.1, 0.15) is 0 Å². The average molecular weight is 230 g/mol. The number of rotatable bonds is 0. The van der Waals surface area contributed by atoms with Crippen LogP contribution in [0.1, 0.15) is 48.5 Å². The number of hydrogen-bond donors (Lipinski definition) is 1. The highest BCUT2D eigenvalue weighted by atomic mass is 16.8. The molecule has 3 heteroatoms. The summed E-state index contributed by atoms with van der Waals surface area (Å²) in [5.74, 6) is -1.46. The summed E-state index contributed by atoms with van der Waals surface area (Å²) >= 11 is 0. The van der Waals surface area contributed by atoms with E-state index < -0.39 is 11.4 Å². The maximum atomic E-state index is 10.3. The first kappa shape index (κ1) is 13.9. The zero-order valence-corrected chi connectivity index (χ0v) is 11.7. The van der Waals surface area contributed by atoms with Gasteiger partial charge < -0.3 is 14.6 Å². The number of ether oxygens (including phenoxy) is 2. The van der Waals surface area contributed by atoms with Gasteiger partial charge in [-0.3, -0.25) is 0 Å². The Morgan fingerprint density at radius 2 is 1.25 bits per heavy atom. The van der Waals surface area contributed by atoms with Crippen LogP contribution in [0.25, 0.3) is 0 Å². The smallest absolute Gasteiger partial charge is 0.285 e. The number of hydrogen-bond acceptors (Lipinski definition) is 3. The van der Waals surface area contributed by atoms with Gasteiger partial charge in [0.25, 0.3) is 5.97 Å². The molecule has 96 valence electrons. The molecule has 0 aliphatic carbocycles. The fraction of sp³-hybridized carbons (Fsp3) is 1.00. The Kier molecular flexibility index (Phi) is 3.21. The molecule has 0 aromatic carbocycles. The van der Waals surface area contributed by atoms with E-state index in [1.165, 1.54) is 0 Å². The van der Waals surface area contributed by atoms with E-state index in [1.54, 1.807) is 0 Å². The topological polar surface area (TPSA) is 38.7 Å². The lowest BCUT2D eigenvalue weighted by molar-refractivity contribution is -0.446. The SMILES string of the molecule is CC(C)(C)C1(C)COC(O)(C(C)(C)C)OC1. The molecule has 0 amide bonds. The fourth-order valence-corrected chi connectivity index (χ4v) is 1.46. The van der Waals surface area contributed by atoms with Crippen molar-refractivity contribution in [3.63, 3.8) is 0 Å². The predicted octanol–water partition coefficient (Wildman–Crippen LogP) is 2.78. The minimum atomic E-state index is -1.46. The second-order valence-corrected chi connectivity index (χ2v) is 7.22. The normalized spacial score (nSPS) is 37.5. The summed E-state index contributed by atoms with van der Waals surface area (Å²) in [6, 6.07) is 0. The summed E-state index contributed by atoms with van der Waals surface area (Å²) < 4.78 is 11.2. The van der Waals surface area contributed by atoms with Gasteiger partial charge >= 0.3 is 0 Å². The van der Waals surface area contributed by atoms with Crippen molar-refractivity contribution in [3.05, 3.63) is 0 Å². The predicted molar refractivity (Wildman–Crippen MR) is 63.9 cm³/mol. The third kappa shape index (κ3) is 2.27. The maximum absolute atomic E-state index is 10.3. The lowest BCUT2D eigenvalue weighted by atomic mass is 9.68. The van der Waals surface area contributed by atoms with E-state index in [9.17, 15) is 5.11 Å². The van der Waals surface area contributed by atoms with Crippen molar-refractivity contribution in [3.8, 4) is 0 Å². The molecule has 0 aromatic heterocycles. The Labute approximate surface area is 99.1 Å². The molecule has 0 aromatic rings. The quantitative estimate of drug-likeness (QED) is 0.695. The van der Waals surface area contributed by atoms with Gasteiger partial charge in [-0.1, -0.05) is 48.5 Å². The second-order valence-electron chi connectivity index (χ2n) is 7.22. The van der Waals surface area contributed by atoms with Crippen LogP contribution in [0.4, 0.5) is 0 Å². The van der Waals surface area contributed by atoms with Crippen LogP contribution in [0.2, 0.25) is 0 Å².